The fraction of sp³-hybridized carbons (Fsp3) is 0.733. The molecule has 1 N–H and O–H groups in total. The maximum absolute atomic E-state index is 3.76. The van der Waals surface area contributed by atoms with Gasteiger partial charge in [-0.05, 0) is 63.3 Å². The van der Waals surface area contributed by atoms with E-state index < -0.39 is 0 Å². The largest absolute Gasteiger partial charge is 0.314 e. The zero-order valence-corrected chi connectivity index (χ0v) is 10.5. The summed E-state index contributed by atoms with van der Waals surface area (Å²) in [6.07, 6.45) is 13.5. The fourth-order valence-electron chi connectivity index (χ4n) is 3.15. The van der Waals surface area contributed by atoms with Crippen LogP contribution in [0.25, 0.3) is 0 Å². The number of hydrogen-bond donors (Lipinski definition) is 1. The van der Waals surface area contributed by atoms with Crippen molar-refractivity contribution in [3.8, 4) is 0 Å². The maximum Gasteiger partial charge on any atom is 0.00389 e. The zero-order valence-electron chi connectivity index (χ0n) is 10.5. The molecule has 1 heteroatoms. The first-order valence-corrected chi connectivity index (χ1v) is 6.82. The predicted molar refractivity (Wildman–Crippen MR) is 70.4 cm³/mol. The van der Waals surface area contributed by atoms with Crippen molar-refractivity contribution in [1.29, 1.82) is 0 Å². The molecule has 90 valence electrons. The molecule has 0 amide bonds. The van der Waals surface area contributed by atoms with Crippen molar-refractivity contribution < 1.29 is 0 Å². The highest BCUT2D eigenvalue weighted by molar-refractivity contribution is 5.10. The smallest absolute Gasteiger partial charge is 0.00389 e. The summed E-state index contributed by atoms with van der Waals surface area (Å²) in [5.41, 5.74) is 0. The quantitative estimate of drug-likeness (QED) is 0.510. The molecule has 2 bridgehead atoms. The Kier molecular flexibility index (Phi) is 4.22. The van der Waals surface area contributed by atoms with Crippen LogP contribution in [0.15, 0.2) is 24.8 Å². The standard InChI is InChI=1S/C15H25N/c1-3-4-5-6-12(2)16-11-15-10-13-7-8-14(15)9-13/h3,7-8,12-16H,1,4-6,9-11H2,2H3. The first-order chi connectivity index (χ1) is 7.79. The van der Waals surface area contributed by atoms with Crippen molar-refractivity contribution in [2.75, 3.05) is 6.54 Å². The zero-order chi connectivity index (χ0) is 11.4. The molecule has 16 heavy (non-hydrogen) atoms. The van der Waals surface area contributed by atoms with E-state index in [2.05, 4.69) is 31.0 Å². The van der Waals surface area contributed by atoms with Gasteiger partial charge in [0.2, 0.25) is 0 Å². The number of fused-ring (bicyclic) bond motifs is 2. The molecule has 0 spiro atoms. The average Bonchev–Trinajstić information content (AvgIpc) is 2.88. The Hall–Kier alpha value is -0.560. The second-order valence-electron chi connectivity index (χ2n) is 5.57. The molecule has 0 aliphatic heterocycles. The molecular formula is C15H25N. The molecule has 1 fully saturated rings. The second-order valence-corrected chi connectivity index (χ2v) is 5.57. The molecule has 0 aromatic heterocycles. The minimum Gasteiger partial charge on any atom is -0.314 e. The van der Waals surface area contributed by atoms with Gasteiger partial charge in [-0.25, -0.2) is 0 Å². The lowest BCUT2D eigenvalue weighted by atomic mass is 9.93. The van der Waals surface area contributed by atoms with Crippen LogP contribution in [0.1, 0.15) is 39.0 Å². The molecule has 0 saturated heterocycles. The molecule has 1 saturated carbocycles. The molecule has 0 aromatic carbocycles. The fourth-order valence-corrected chi connectivity index (χ4v) is 3.15. The van der Waals surface area contributed by atoms with E-state index in [9.17, 15) is 0 Å². The van der Waals surface area contributed by atoms with Crippen molar-refractivity contribution in [3.05, 3.63) is 24.8 Å². The Bertz CT molecular complexity index is 256. The lowest BCUT2D eigenvalue weighted by Crippen LogP contribution is -2.32. The molecule has 4 atom stereocenters. The third-order valence-corrected chi connectivity index (χ3v) is 4.19. The summed E-state index contributed by atoms with van der Waals surface area (Å²) in [4.78, 5) is 0. The topological polar surface area (TPSA) is 12.0 Å². The minimum absolute atomic E-state index is 0.669. The SMILES string of the molecule is C=CCCCC(C)NCC1CC2C=CC1C2. The molecule has 0 aromatic rings. The maximum atomic E-state index is 3.76. The summed E-state index contributed by atoms with van der Waals surface area (Å²) < 4.78 is 0. The molecule has 2 aliphatic rings. The van der Waals surface area contributed by atoms with Gasteiger partial charge in [0.05, 0.1) is 0 Å². The van der Waals surface area contributed by atoms with Crippen LogP contribution in [0.3, 0.4) is 0 Å². The molecule has 0 heterocycles. The van der Waals surface area contributed by atoms with E-state index in [1.165, 1.54) is 32.2 Å². The van der Waals surface area contributed by atoms with Crippen molar-refractivity contribution in [2.45, 2.75) is 45.1 Å². The average molecular weight is 219 g/mol. The number of unbranched alkanes of at least 4 members (excludes halogenated alkanes) is 1. The van der Waals surface area contributed by atoms with Gasteiger partial charge in [0.1, 0.15) is 0 Å². The monoisotopic (exact) mass is 219 g/mol. The van der Waals surface area contributed by atoms with E-state index in [1.807, 2.05) is 6.08 Å². The van der Waals surface area contributed by atoms with E-state index in [-0.39, 0.29) is 0 Å². The molecule has 2 rings (SSSR count). The van der Waals surface area contributed by atoms with Gasteiger partial charge in [-0.15, -0.1) is 6.58 Å². The first kappa shape index (κ1) is 11.9. The summed E-state index contributed by atoms with van der Waals surface area (Å²) in [5, 5.41) is 3.70. The summed E-state index contributed by atoms with van der Waals surface area (Å²) >= 11 is 0. The number of nitrogens with one attached hydrogen (secondary N) is 1. The Morgan fingerprint density at radius 2 is 2.31 bits per heavy atom. The molecular weight excluding hydrogens is 194 g/mol. The van der Waals surface area contributed by atoms with Crippen molar-refractivity contribution in [3.63, 3.8) is 0 Å². The van der Waals surface area contributed by atoms with E-state index in [4.69, 9.17) is 0 Å². The predicted octanol–water partition coefficient (Wildman–Crippen LogP) is 3.53. The molecule has 4 unspecified atom stereocenters. The molecule has 1 nitrogen and oxygen atoms in total. The van der Waals surface area contributed by atoms with Gasteiger partial charge >= 0.3 is 0 Å². The molecule has 2 aliphatic carbocycles. The number of hydrogen-bond acceptors (Lipinski definition) is 1. The van der Waals surface area contributed by atoms with Gasteiger partial charge < -0.3 is 5.32 Å². The van der Waals surface area contributed by atoms with Crippen LogP contribution in [-0.4, -0.2) is 12.6 Å². The third kappa shape index (κ3) is 2.98. The Balaban J connectivity index is 1.60. The van der Waals surface area contributed by atoms with Crippen molar-refractivity contribution in [2.24, 2.45) is 17.8 Å². The van der Waals surface area contributed by atoms with E-state index in [0.29, 0.717) is 6.04 Å². The Labute approximate surface area is 100 Å². The lowest BCUT2D eigenvalue weighted by Gasteiger charge is -2.21. The van der Waals surface area contributed by atoms with Crippen LogP contribution in [0.4, 0.5) is 0 Å². The Morgan fingerprint density at radius 3 is 2.94 bits per heavy atom. The van der Waals surface area contributed by atoms with Gasteiger partial charge in [-0.1, -0.05) is 18.2 Å². The lowest BCUT2D eigenvalue weighted by molar-refractivity contribution is 0.380. The van der Waals surface area contributed by atoms with Gasteiger partial charge in [-0.2, -0.15) is 0 Å². The normalized spacial score (nSPS) is 33.2. The highest BCUT2D eigenvalue weighted by atomic mass is 14.9. The summed E-state index contributed by atoms with van der Waals surface area (Å²) in [5.74, 6) is 2.71. The number of rotatable bonds is 7. The van der Waals surface area contributed by atoms with Crippen LogP contribution >= 0.6 is 0 Å². The van der Waals surface area contributed by atoms with E-state index in [1.54, 1.807) is 0 Å². The highest BCUT2D eigenvalue weighted by Gasteiger charge is 2.35. The summed E-state index contributed by atoms with van der Waals surface area (Å²) in [6.45, 7) is 7.30. The highest BCUT2D eigenvalue weighted by Crippen LogP contribution is 2.42. The second kappa shape index (κ2) is 5.67. The van der Waals surface area contributed by atoms with Crippen LogP contribution in [0.5, 0.6) is 0 Å². The molecule has 0 radical (unpaired) electrons. The summed E-state index contributed by atoms with van der Waals surface area (Å²) in [7, 11) is 0. The summed E-state index contributed by atoms with van der Waals surface area (Å²) in [6, 6.07) is 0.669. The van der Waals surface area contributed by atoms with Gasteiger partial charge in [-0.3, -0.25) is 0 Å². The van der Waals surface area contributed by atoms with E-state index >= 15 is 0 Å². The van der Waals surface area contributed by atoms with Crippen LogP contribution in [0.2, 0.25) is 0 Å². The first-order valence-electron chi connectivity index (χ1n) is 6.82. The van der Waals surface area contributed by atoms with Crippen LogP contribution in [-0.2, 0) is 0 Å². The van der Waals surface area contributed by atoms with Gasteiger partial charge in [0.25, 0.3) is 0 Å². The minimum atomic E-state index is 0.669. The van der Waals surface area contributed by atoms with E-state index in [0.717, 1.165) is 24.2 Å². The Morgan fingerprint density at radius 1 is 1.44 bits per heavy atom. The van der Waals surface area contributed by atoms with Gasteiger partial charge in [0.15, 0.2) is 0 Å². The third-order valence-electron chi connectivity index (χ3n) is 4.19. The van der Waals surface area contributed by atoms with Crippen LogP contribution < -0.4 is 5.32 Å². The van der Waals surface area contributed by atoms with Crippen molar-refractivity contribution >= 4 is 0 Å². The van der Waals surface area contributed by atoms with Crippen molar-refractivity contribution in [1.82, 2.24) is 5.32 Å². The number of allylic oxidation sites excluding steroid dienone is 3. The van der Waals surface area contributed by atoms with Crippen LogP contribution in [0, 0.1) is 17.8 Å². The van der Waals surface area contributed by atoms with Gasteiger partial charge in [0, 0.05) is 6.04 Å².